The zero-order valence-electron chi connectivity index (χ0n) is 10.6. The number of rotatable bonds is 3. The summed E-state index contributed by atoms with van der Waals surface area (Å²) >= 11 is 5.74. The highest BCUT2D eigenvalue weighted by Gasteiger charge is 2.26. The summed E-state index contributed by atoms with van der Waals surface area (Å²) in [5.41, 5.74) is 0.672. The van der Waals surface area contributed by atoms with Gasteiger partial charge in [-0.3, -0.25) is 4.90 Å². The first-order valence-electron chi connectivity index (χ1n) is 6.44. The maximum absolute atomic E-state index is 13.7. The molecule has 0 saturated carbocycles. The van der Waals surface area contributed by atoms with Crippen LogP contribution in [0.3, 0.4) is 0 Å². The van der Waals surface area contributed by atoms with Crippen LogP contribution in [0.4, 0.5) is 4.39 Å². The van der Waals surface area contributed by atoms with Gasteiger partial charge in [0, 0.05) is 30.2 Å². The summed E-state index contributed by atoms with van der Waals surface area (Å²) in [5.74, 6) is 0.0516. The molecule has 0 bridgehead atoms. The number of likely N-dealkylation sites (tertiary alicyclic amines) is 1. The molecule has 1 N–H and O–H groups in total. The van der Waals surface area contributed by atoms with Crippen molar-refractivity contribution in [2.75, 3.05) is 13.1 Å². The molecule has 0 aliphatic carbocycles. The predicted molar refractivity (Wildman–Crippen MR) is 71.1 cm³/mol. The molecule has 18 heavy (non-hydrogen) atoms. The van der Waals surface area contributed by atoms with E-state index in [1.807, 2.05) is 0 Å². The quantitative estimate of drug-likeness (QED) is 0.913. The molecular formula is C14H19ClFNO. The van der Waals surface area contributed by atoms with E-state index in [4.69, 9.17) is 11.6 Å². The second-order valence-electron chi connectivity index (χ2n) is 5.00. The minimum Gasteiger partial charge on any atom is -0.393 e. The van der Waals surface area contributed by atoms with E-state index < -0.39 is 0 Å². The normalized spacial score (nSPS) is 25.3. The lowest BCUT2D eigenvalue weighted by Gasteiger charge is -2.35. The van der Waals surface area contributed by atoms with Crippen LogP contribution in [0.25, 0.3) is 0 Å². The van der Waals surface area contributed by atoms with Crippen molar-refractivity contribution in [3.8, 4) is 0 Å². The Balaban J connectivity index is 2.01. The summed E-state index contributed by atoms with van der Waals surface area (Å²) in [6.45, 7) is 4.33. The van der Waals surface area contributed by atoms with Crippen LogP contribution in [0, 0.1) is 11.7 Å². The van der Waals surface area contributed by atoms with Gasteiger partial charge in [0.25, 0.3) is 0 Å². The van der Waals surface area contributed by atoms with Crippen molar-refractivity contribution in [2.45, 2.75) is 32.4 Å². The molecule has 1 aliphatic rings. The first-order valence-corrected chi connectivity index (χ1v) is 6.82. The largest absolute Gasteiger partial charge is 0.393 e. The lowest BCUT2D eigenvalue weighted by molar-refractivity contribution is 0.0218. The molecule has 100 valence electrons. The fraction of sp³-hybridized carbons (Fsp3) is 0.571. The second kappa shape index (κ2) is 6.00. The summed E-state index contributed by atoms with van der Waals surface area (Å²) in [7, 11) is 0. The Labute approximate surface area is 112 Å². The van der Waals surface area contributed by atoms with E-state index in [9.17, 15) is 9.50 Å². The van der Waals surface area contributed by atoms with Gasteiger partial charge in [-0.1, -0.05) is 24.6 Å². The van der Waals surface area contributed by atoms with Gasteiger partial charge in [0.2, 0.25) is 0 Å². The third kappa shape index (κ3) is 3.22. The number of hydrogen-bond acceptors (Lipinski definition) is 2. The molecule has 2 rings (SSSR count). The van der Waals surface area contributed by atoms with Crippen LogP contribution in [-0.4, -0.2) is 29.2 Å². The Hall–Kier alpha value is -0.640. The molecule has 0 spiro atoms. The van der Waals surface area contributed by atoms with Gasteiger partial charge in [0.1, 0.15) is 5.82 Å². The first kappa shape index (κ1) is 13.8. The number of aliphatic hydroxyl groups excluding tert-OH is 1. The van der Waals surface area contributed by atoms with Gasteiger partial charge in [-0.2, -0.15) is 0 Å². The highest BCUT2D eigenvalue weighted by atomic mass is 35.5. The van der Waals surface area contributed by atoms with Gasteiger partial charge in [-0.15, -0.1) is 0 Å². The molecule has 1 aliphatic heterocycles. The number of aliphatic hydroxyl groups is 1. The summed E-state index contributed by atoms with van der Waals surface area (Å²) in [6.07, 6.45) is 1.52. The number of halogens is 2. The van der Waals surface area contributed by atoms with Gasteiger partial charge >= 0.3 is 0 Å². The standard InChI is InChI=1S/C14H19ClFNO/c1-2-10-8-17(6-5-14(10)18)9-11-3-4-12(15)7-13(11)16/h3-4,7,10,14,18H,2,5-6,8-9H2,1H3. The van der Waals surface area contributed by atoms with Gasteiger partial charge in [0.05, 0.1) is 6.10 Å². The average molecular weight is 272 g/mol. The first-order chi connectivity index (χ1) is 8.60. The zero-order chi connectivity index (χ0) is 13.1. The summed E-state index contributed by atoms with van der Waals surface area (Å²) in [6, 6.07) is 4.81. The molecule has 2 atom stereocenters. The maximum atomic E-state index is 13.7. The molecule has 1 aromatic carbocycles. The summed E-state index contributed by atoms with van der Waals surface area (Å²) in [4.78, 5) is 2.20. The van der Waals surface area contributed by atoms with Crippen LogP contribution < -0.4 is 0 Å². The van der Waals surface area contributed by atoms with E-state index in [0.717, 1.165) is 25.9 Å². The molecule has 2 unspecified atom stereocenters. The Morgan fingerprint density at radius 1 is 1.50 bits per heavy atom. The van der Waals surface area contributed by atoms with Crippen molar-refractivity contribution < 1.29 is 9.50 Å². The molecule has 4 heteroatoms. The van der Waals surface area contributed by atoms with Gasteiger partial charge in [0.15, 0.2) is 0 Å². The van der Waals surface area contributed by atoms with Crippen molar-refractivity contribution in [3.05, 3.63) is 34.6 Å². The van der Waals surface area contributed by atoms with Gasteiger partial charge in [-0.05, 0) is 30.9 Å². The fourth-order valence-electron chi connectivity index (χ4n) is 2.53. The Bertz CT molecular complexity index is 413. The number of hydrogen-bond donors (Lipinski definition) is 1. The molecule has 2 nitrogen and oxygen atoms in total. The van der Waals surface area contributed by atoms with Crippen LogP contribution in [0.5, 0.6) is 0 Å². The minimum absolute atomic E-state index is 0.207. The van der Waals surface area contributed by atoms with E-state index in [0.29, 0.717) is 23.0 Å². The Kier molecular flexibility index (Phi) is 4.60. The third-order valence-corrected chi connectivity index (χ3v) is 3.95. The highest BCUT2D eigenvalue weighted by molar-refractivity contribution is 6.30. The SMILES string of the molecule is CCC1CN(Cc2ccc(Cl)cc2F)CCC1O. The van der Waals surface area contributed by atoms with E-state index >= 15 is 0 Å². The van der Waals surface area contributed by atoms with Crippen molar-refractivity contribution in [1.82, 2.24) is 4.90 Å². The molecule has 1 aromatic rings. The van der Waals surface area contributed by atoms with Crippen molar-refractivity contribution in [1.29, 1.82) is 0 Å². The van der Waals surface area contributed by atoms with Crippen LogP contribution in [0.2, 0.25) is 5.02 Å². The molecule has 0 aromatic heterocycles. The zero-order valence-corrected chi connectivity index (χ0v) is 11.3. The highest BCUT2D eigenvalue weighted by Crippen LogP contribution is 2.23. The van der Waals surface area contributed by atoms with Crippen LogP contribution in [0.1, 0.15) is 25.3 Å². The lowest BCUT2D eigenvalue weighted by Crippen LogP contribution is -2.42. The average Bonchev–Trinajstić information content (AvgIpc) is 2.35. The van der Waals surface area contributed by atoms with E-state index in [2.05, 4.69) is 11.8 Å². The van der Waals surface area contributed by atoms with Crippen LogP contribution >= 0.6 is 11.6 Å². The lowest BCUT2D eigenvalue weighted by atomic mass is 9.92. The van der Waals surface area contributed by atoms with Gasteiger partial charge in [-0.25, -0.2) is 4.39 Å². The van der Waals surface area contributed by atoms with Crippen molar-refractivity contribution in [2.24, 2.45) is 5.92 Å². The number of benzene rings is 1. The summed E-state index contributed by atoms with van der Waals surface area (Å²) in [5, 5.41) is 10.3. The molecular weight excluding hydrogens is 253 g/mol. The maximum Gasteiger partial charge on any atom is 0.129 e. The second-order valence-corrected chi connectivity index (χ2v) is 5.43. The molecule has 1 heterocycles. The Morgan fingerprint density at radius 3 is 2.94 bits per heavy atom. The number of nitrogens with zero attached hydrogens (tertiary/aromatic N) is 1. The summed E-state index contributed by atoms with van der Waals surface area (Å²) < 4.78 is 13.7. The van der Waals surface area contributed by atoms with E-state index in [-0.39, 0.29) is 11.9 Å². The van der Waals surface area contributed by atoms with Crippen LogP contribution in [-0.2, 0) is 6.54 Å². The molecule has 1 fully saturated rings. The van der Waals surface area contributed by atoms with E-state index in [1.165, 1.54) is 6.07 Å². The van der Waals surface area contributed by atoms with Gasteiger partial charge < -0.3 is 5.11 Å². The van der Waals surface area contributed by atoms with Crippen LogP contribution in [0.15, 0.2) is 18.2 Å². The van der Waals surface area contributed by atoms with Crippen molar-refractivity contribution in [3.63, 3.8) is 0 Å². The predicted octanol–water partition coefficient (Wildman–Crippen LogP) is 3.07. The number of piperidine rings is 1. The smallest absolute Gasteiger partial charge is 0.129 e. The molecule has 0 radical (unpaired) electrons. The van der Waals surface area contributed by atoms with Crippen molar-refractivity contribution >= 4 is 11.6 Å². The monoisotopic (exact) mass is 271 g/mol. The molecule has 1 saturated heterocycles. The third-order valence-electron chi connectivity index (χ3n) is 3.71. The van der Waals surface area contributed by atoms with E-state index in [1.54, 1.807) is 12.1 Å². The molecule has 0 amide bonds. The minimum atomic E-state index is -0.248. The topological polar surface area (TPSA) is 23.5 Å². The Morgan fingerprint density at radius 2 is 2.28 bits per heavy atom. The fourth-order valence-corrected chi connectivity index (χ4v) is 2.69.